The molecule has 0 fully saturated rings. The van der Waals surface area contributed by atoms with Crippen LogP contribution in [0.2, 0.25) is 0 Å². The normalized spacial score (nSPS) is 14.9. The van der Waals surface area contributed by atoms with Gasteiger partial charge in [-0.15, -0.1) is 11.3 Å². The summed E-state index contributed by atoms with van der Waals surface area (Å²) in [5, 5.41) is 10.5. The lowest BCUT2D eigenvalue weighted by Gasteiger charge is -2.23. The fourth-order valence-electron chi connectivity index (χ4n) is 6.96. The summed E-state index contributed by atoms with van der Waals surface area (Å²) >= 11 is 1.80. The summed E-state index contributed by atoms with van der Waals surface area (Å²) in [7, 11) is 0. The first-order valence-electron chi connectivity index (χ1n) is 16.0. The molecular weight excluding hydrogens is 609 g/mol. The first-order chi connectivity index (χ1) is 23.8. The van der Waals surface area contributed by atoms with Crippen molar-refractivity contribution in [2.24, 2.45) is 9.98 Å². The van der Waals surface area contributed by atoms with Gasteiger partial charge >= 0.3 is 0 Å². The summed E-state index contributed by atoms with van der Waals surface area (Å²) < 4.78 is 9.08. The van der Waals surface area contributed by atoms with Gasteiger partial charge in [0.15, 0.2) is 11.7 Å². The third-order valence-corrected chi connectivity index (χ3v) is 10.5. The van der Waals surface area contributed by atoms with Gasteiger partial charge in [0.05, 0.1) is 6.20 Å². The second-order valence-electron chi connectivity index (χ2n) is 12.0. The minimum absolute atomic E-state index is 0.449. The third-order valence-electron chi connectivity index (χ3n) is 9.22. The Morgan fingerprint density at radius 3 is 2.29 bits per heavy atom. The monoisotopic (exact) mass is 634 g/mol. The predicted octanol–water partition coefficient (Wildman–Crippen LogP) is 10.7. The van der Waals surface area contributed by atoms with Crippen LogP contribution < -0.4 is 5.32 Å². The number of aromatic nitrogens is 1. The lowest BCUT2D eigenvalue weighted by Crippen LogP contribution is -2.36. The molecule has 0 radical (unpaired) electrons. The number of aliphatic imine (C=N–C) groups is 2. The van der Waals surface area contributed by atoms with Gasteiger partial charge < -0.3 is 9.73 Å². The van der Waals surface area contributed by atoms with Crippen molar-refractivity contribution in [1.29, 1.82) is 0 Å². The maximum absolute atomic E-state index is 6.62. The van der Waals surface area contributed by atoms with Crippen molar-refractivity contribution >= 4 is 75.9 Å². The Morgan fingerprint density at radius 1 is 0.583 bits per heavy atom. The zero-order valence-electron chi connectivity index (χ0n) is 25.6. The Balaban J connectivity index is 1.17. The molecule has 48 heavy (non-hydrogen) atoms. The van der Waals surface area contributed by atoms with Crippen molar-refractivity contribution in [3.63, 3.8) is 0 Å². The highest BCUT2D eigenvalue weighted by atomic mass is 32.1. The molecule has 0 amide bonds. The van der Waals surface area contributed by atoms with E-state index in [1.807, 2.05) is 24.4 Å². The molecule has 10 rings (SSSR count). The van der Waals surface area contributed by atoms with Gasteiger partial charge in [-0.2, -0.15) is 0 Å². The molecule has 1 aliphatic rings. The van der Waals surface area contributed by atoms with E-state index in [1.54, 1.807) is 17.5 Å². The van der Waals surface area contributed by atoms with Crippen molar-refractivity contribution in [3.8, 4) is 11.1 Å². The van der Waals surface area contributed by atoms with Crippen LogP contribution in [-0.4, -0.2) is 16.7 Å². The van der Waals surface area contributed by atoms with E-state index in [2.05, 4.69) is 126 Å². The van der Waals surface area contributed by atoms with Crippen molar-refractivity contribution in [2.45, 2.75) is 6.17 Å². The van der Waals surface area contributed by atoms with E-state index >= 15 is 0 Å². The van der Waals surface area contributed by atoms with Crippen molar-refractivity contribution in [1.82, 2.24) is 10.3 Å². The van der Waals surface area contributed by atoms with E-state index in [4.69, 9.17) is 14.4 Å². The number of fused-ring (bicyclic) bond motifs is 7. The van der Waals surface area contributed by atoms with E-state index in [0.29, 0.717) is 11.4 Å². The Labute approximate surface area is 279 Å². The number of para-hydroxylation sites is 1. The highest BCUT2D eigenvalue weighted by Gasteiger charge is 2.26. The number of thiophene rings is 1. The molecular formula is C42H26N4OS. The van der Waals surface area contributed by atoms with Crippen LogP contribution in [0.15, 0.2) is 160 Å². The zero-order chi connectivity index (χ0) is 31.6. The quantitative estimate of drug-likeness (QED) is 0.210. The second-order valence-corrected chi connectivity index (χ2v) is 13.1. The maximum atomic E-state index is 6.62. The number of hydrogen-bond acceptors (Lipinski definition) is 6. The second kappa shape index (κ2) is 10.7. The number of hydrogen-bond donors (Lipinski definition) is 1. The van der Waals surface area contributed by atoms with Gasteiger partial charge in [0.1, 0.15) is 17.3 Å². The van der Waals surface area contributed by atoms with E-state index in [9.17, 15) is 0 Å². The smallest absolute Gasteiger partial charge is 0.171 e. The number of nitrogens with one attached hydrogen (secondary N) is 1. The number of pyridine rings is 1. The number of rotatable bonds is 4. The van der Waals surface area contributed by atoms with E-state index in [0.717, 1.165) is 50.0 Å². The molecule has 0 saturated carbocycles. The summed E-state index contributed by atoms with van der Waals surface area (Å²) in [6.45, 7) is 0. The minimum atomic E-state index is -0.449. The molecule has 0 bridgehead atoms. The molecule has 1 aliphatic heterocycles. The number of benzene rings is 6. The molecule has 0 spiro atoms. The largest absolute Gasteiger partial charge is 0.454 e. The van der Waals surface area contributed by atoms with Gasteiger partial charge in [-0.05, 0) is 28.5 Å². The van der Waals surface area contributed by atoms with Crippen LogP contribution in [0.4, 0.5) is 0 Å². The van der Waals surface area contributed by atoms with Crippen LogP contribution >= 0.6 is 11.3 Å². The molecule has 1 atom stereocenters. The van der Waals surface area contributed by atoms with E-state index in [1.165, 1.54) is 30.9 Å². The summed E-state index contributed by atoms with van der Waals surface area (Å²) in [6, 6.07) is 46.6. The summed E-state index contributed by atoms with van der Waals surface area (Å²) in [4.78, 5) is 15.2. The number of nitrogens with zero attached hydrogens (tertiary/aromatic N) is 3. The third kappa shape index (κ3) is 4.27. The Bertz CT molecular complexity index is 2780. The van der Waals surface area contributed by atoms with Gasteiger partial charge in [0.2, 0.25) is 0 Å². The predicted molar refractivity (Wildman–Crippen MR) is 199 cm³/mol. The number of amidine groups is 2. The highest BCUT2D eigenvalue weighted by molar-refractivity contribution is 7.26. The average molecular weight is 635 g/mol. The maximum Gasteiger partial charge on any atom is 0.171 e. The van der Waals surface area contributed by atoms with Gasteiger partial charge in [0, 0.05) is 59.4 Å². The Morgan fingerprint density at radius 2 is 1.35 bits per heavy atom. The summed E-state index contributed by atoms with van der Waals surface area (Å²) in [6.07, 6.45) is 3.24. The standard InChI is InChI=1S/C42H26N4OS/c1-2-11-26(12-3-1)40-44-41(33-18-9-16-31-30-14-6-7-19-36(30)48-39(31)33)46-42(45-40)34-23-43-24-35-37(34)32-17-8-15-29(38(32)47-35)28-21-20-25-10-4-5-13-27(25)22-28/h1-24,41H,(H,44,45,46). The molecule has 5 nitrogen and oxygen atoms in total. The molecule has 6 aromatic carbocycles. The Hall–Kier alpha value is -6.11. The lowest BCUT2D eigenvalue weighted by atomic mass is 9.98. The molecule has 1 N–H and O–H groups in total. The van der Waals surface area contributed by atoms with Crippen LogP contribution in [0.3, 0.4) is 0 Å². The molecule has 0 aliphatic carbocycles. The summed E-state index contributed by atoms with van der Waals surface area (Å²) in [5.74, 6) is 1.48. The zero-order valence-corrected chi connectivity index (χ0v) is 26.4. The van der Waals surface area contributed by atoms with Crippen LogP contribution in [0.1, 0.15) is 22.9 Å². The highest BCUT2D eigenvalue weighted by Crippen LogP contribution is 2.41. The van der Waals surface area contributed by atoms with Crippen molar-refractivity contribution in [3.05, 3.63) is 163 Å². The molecule has 6 heteroatoms. The van der Waals surface area contributed by atoms with Crippen molar-refractivity contribution in [2.75, 3.05) is 0 Å². The van der Waals surface area contributed by atoms with E-state index < -0.39 is 6.17 Å². The fraction of sp³-hybridized carbons (Fsp3) is 0.0238. The first-order valence-corrected chi connectivity index (χ1v) is 16.8. The average Bonchev–Trinajstić information content (AvgIpc) is 3.73. The fourth-order valence-corrected chi connectivity index (χ4v) is 8.19. The SMILES string of the molecule is c1ccc(C2=NC(c3cccc4c3sc3ccccc34)N=C(c3cncc4oc5c(-c6ccc7ccccc7c6)cccc5c34)N2)cc1. The van der Waals surface area contributed by atoms with E-state index in [-0.39, 0.29) is 0 Å². The molecule has 4 heterocycles. The molecule has 0 saturated heterocycles. The van der Waals surface area contributed by atoms with Gasteiger partial charge in [0.25, 0.3) is 0 Å². The van der Waals surface area contributed by atoms with Gasteiger partial charge in [-0.25, -0.2) is 9.98 Å². The van der Waals surface area contributed by atoms with Crippen LogP contribution in [0, 0.1) is 0 Å². The first kappa shape index (κ1) is 27.0. The lowest BCUT2D eigenvalue weighted by molar-refractivity contribution is 0.668. The summed E-state index contributed by atoms with van der Waals surface area (Å²) in [5.41, 5.74) is 6.64. The van der Waals surface area contributed by atoms with Gasteiger partial charge in [-0.3, -0.25) is 4.98 Å². The Kier molecular flexibility index (Phi) is 6.04. The van der Waals surface area contributed by atoms with Crippen LogP contribution in [-0.2, 0) is 0 Å². The molecule has 1 unspecified atom stereocenters. The number of furan rings is 1. The van der Waals surface area contributed by atoms with Gasteiger partial charge in [-0.1, -0.05) is 121 Å². The van der Waals surface area contributed by atoms with Crippen LogP contribution in [0.25, 0.3) is 64.0 Å². The topological polar surface area (TPSA) is 62.8 Å². The molecule has 3 aromatic heterocycles. The molecule has 9 aromatic rings. The van der Waals surface area contributed by atoms with Crippen LogP contribution in [0.5, 0.6) is 0 Å². The molecule has 226 valence electrons. The van der Waals surface area contributed by atoms with Crippen molar-refractivity contribution < 1.29 is 4.42 Å². The minimum Gasteiger partial charge on any atom is -0.454 e.